The Balaban J connectivity index is 1.33. The standard InChI is InChI=1S/C24H28F3N5O2S/c1-23(14-34-15-23)31-12-9-17(10-13-31)29-20-6-2-5-19-21(35-24(25,26)27)18(30-32(19)20)4-3-11-28-22(33)16-7-8-16/h2,5-6,16-17,29H,7-15H2,1H3,(H,28,33). The highest BCUT2D eigenvalue weighted by Crippen LogP contribution is 2.41. The number of nitrogens with one attached hydrogen (secondary N) is 2. The minimum Gasteiger partial charge on any atom is -0.377 e. The molecule has 7 nitrogen and oxygen atoms in total. The number of amides is 1. The molecular weight excluding hydrogens is 479 g/mol. The summed E-state index contributed by atoms with van der Waals surface area (Å²) in [6.07, 6.45) is 3.59. The quantitative estimate of drug-likeness (QED) is 0.461. The van der Waals surface area contributed by atoms with Gasteiger partial charge in [-0.2, -0.15) is 18.3 Å². The number of pyridine rings is 1. The molecule has 2 aromatic heterocycles. The van der Waals surface area contributed by atoms with Crippen LogP contribution in [0.25, 0.3) is 5.52 Å². The van der Waals surface area contributed by atoms with Crippen molar-refractivity contribution in [1.29, 1.82) is 0 Å². The number of carbonyl (C=O) groups excluding carboxylic acids is 1. The number of nitrogens with zero attached hydrogens (tertiary/aromatic N) is 3. The molecule has 2 aromatic rings. The molecule has 0 aromatic carbocycles. The lowest BCUT2D eigenvalue weighted by Crippen LogP contribution is -2.62. The number of aromatic nitrogens is 2. The van der Waals surface area contributed by atoms with Gasteiger partial charge in [0.25, 0.3) is 0 Å². The summed E-state index contributed by atoms with van der Waals surface area (Å²) >= 11 is -0.210. The first-order valence-electron chi connectivity index (χ1n) is 11.9. The van der Waals surface area contributed by atoms with Gasteiger partial charge in [-0.1, -0.05) is 12.0 Å². The molecule has 0 spiro atoms. The molecule has 3 fully saturated rings. The lowest BCUT2D eigenvalue weighted by Gasteiger charge is -2.49. The van der Waals surface area contributed by atoms with E-state index in [9.17, 15) is 18.0 Å². The number of rotatable bonds is 6. The van der Waals surface area contributed by atoms with Gasteiger partial charge in [-0.15, -0.1) is 0 Å². The highest BCUT2D eigenvalue weighted by atomic mass is 32.2. The molecule has 0 bridgehead atoms. The smallest absolute Gasteiger partial charge is 0.377 e. The van der Waals surface area contributed by atoms with Gasteiger partial charge in [0.2, 0.25) is 5.91 Å². The van der Waals surface area contributed by atoms with Crippen molar-refractivity contribution in [2.75, 3.05) is 38.2 Å². The molecule has 35 heavy (non-hydrogen) atoms. The molecule has 11 heteroatoms. The van der Waals surface area contributed by atoms with E-state index in [0.717, 1.165) is 52.0 Å². The number of alkyl halides is 3. The van der Waals surface area contributed by atoms with Crippen LogP contribution < -0.4 is 10.6 Å². The van der Waals surface area contributed by atoms with Crippen molar-refractivity contribution < 1.29 is 22.7 Å². The molecule has 1 amide bonds. The Hall–Kier alpha value is -2.42. The van der Waals surface area contributed by atoms with Crippen molar-refractivity contribution in [3.63, 3.8) is 0 Å². The maximum absolute atomic E-state index is 13.3. The number of piperidine rings is 1. The second-order valence-corrected chi connectivity index (χ2v) is 10.7. The van der Waals surface area contributed by atoms with Gasteiger partial charge in [0.05, 0.1) is 35.7 Å². The fourth-order valence-electron chi connectivity index (χ4n) is 4.56. The molecule has 3 aliphatic rings. The predicted octanol–water partition coefficient (Wildman–Crippen LogP) is 3.49. The highest BCUT2D eigenvalue weighted by Gasteiger charge is 2.41. The number of hydrogen-bond acceptors (Lipinski definition) is 6. The summed E-state index contributed by atoms with van der Waals surface area (Å²) in [5.74, 6) is 6.13. The summed E-state index contributed by atoms with van der Waals surface area (Å²) in [7, 11) is 0. The number of hydrogen-bond donors (Lipinski definition) is 2. The Morgan fingerprint density at radius 1 is 1.26 bits per heavy atom. The van der Waals surface area contributed by atoms with Gasteiger partial charge in [0.15, 0.2) is 0 Å². The van der Waals surface area contributed by atoms with Crippen LogP contribution in [-0.2, 0) is 9.53 Å². The second kappa shape index (κ2) is 9.56. The van der Waals surface area contributed by atoms with E-state index in [1.807, 2.05) is 6.07 Å². The lowest BCUT2D eigenvalue weighted by atomic mass is 9.93. The largest absolute Gasteiger partial charge is 0.446 e. The first-order valence-corrected chi connectivity index (χ1v) is 12.7. The summed E-state index contributed by atoms with van der Waals surface area (Å²) < 4.78 is 46.9. The molecular formula is C24H28F3N5O2S. The Morgan fingerprint density at radius 2 is 2.00 bits per heavy atom. The monoisotopic (exact) mass is 507 g/mol. The molecule has 0 atom stereocenters. The Bertz CT molecular complexity index is 1160. The maximum atomic E-state index is 13.3. The number of thioether (sulfide) groups is 1. The van der Waals surface area contributed by atoms with E-state index in [1.165, 1.54) is 4.52 Å². The van der Waals surface area contributed by atoms with Crippen LogP contribution in [0.2, 0.25) is 0 Å². The van der Waals surface area contributed by atoms with Crippen LogP contribution in [0.3, 0.4) is 0 Å². The minimum atomic E-state index is -4.47. The average molecular weight is 508 g/mol. The van der Waals surface area contributed by atoms with Crippen molar-refractivity contribution >= 4 is 29.0 Å². The summed E-state index contributed by atoms with van der Waals surface area (Å²) in [5.41, 5.74) is -3.96. The second-order valence-electron chi connectivity index (χ2n) is 9.62. The van der Waals surface area contributed by atoms with Crippen LogP contribution in [-0.4, -0.2) is 70.4 Å². The third-order valence-electron chi connectivity index (χ3n) is 6.77. The van der Waals surface area contributed by atoms with E-state index in [0.29, 0.717) is 11.3 Å². The maximum Gasteiger partial charge on any atom is 0.446 e. The lowest BCUT2D eigenvalue weighted by molar-refractivity contribution is -0.135. The van der Waals surface area contributed by atoms with Crippen molar-refractivity contribution in [3.8, 4) is 11.8 Å². The fourth-order valence-corrected chi connectivity index (χ4v) is 5.24. The van der Waals surface area contributed by atoms with Gasteiger partial charge in [-0.3, -0.25) is 9.69 Å². The van der Waals surface area contributed by atoms with Crippen molar-refractivity contribution in [2.45, 2.75) is 54.6 Å². The van der Waals surface area contributed by atoms with Crippen LogP contribution in [0, 0.1) is 17.8 Å². The topological polar surface area (TPSA) is 70.9 Å². The average Bonchev–Trinajstić information content (AvgIpc) is 3.59. The zero-order valence-electron chi connectivity index (χ0n) is 19.5. The summed E-state index contributed by atoms with van der Waals surface area (Å²) in [5, 5.41) is 10.6. The molecule has 1 saturated carbocycles. The number of anilines is 1. The summed E-state index contributed by atoms with van der Waals surface area (Å²) in [6, 6.07) is 5.36. The fraction of sp³-hybridized carbons (Fsp3) is 0.583. The first-order chi connectivity index (χ1) is 16.7. The SMILES string of the molecule is CC1(N2CCC(Nc3cccc4c(SC(F)(F)F)c(C#CCNC(=O)C5CC5)nn34)CC2)COC1. The van der Waals surface area contributed by atoms with Crippen LogP contribution >= 0.6 is 11.8 Å². The van der Waals surface area contributed by atoms with Gasteiger partial charge in [-0.25, -0.2) is 4.52 Å². The minimum absolute atomic E-state index is 0.0325. The summed E-state index contributed by atoms with van der Waals surface area (Å²) in [6.45, 7) is 5.68. The molecule has 0 unspecified atom stereocenters. The highest BCUT2D eigenvalue weighted by molar-refractivity contribution is 8.00. The van der Waals surface area contributed by atoms with Gasteiger partial charge < -0.3 is 15.4 Å². The molecule has 188 valence electrons. The third kappa shape index (κ3) is 5.55. The first kappa shape index (κ1) is 24.3. The Morgan fingerprint density at radius 3 is 2.63 bits per heavy atom. The predicted molar refractivity (Wildman–Crippen MR) is 127 cm³/mol. The van der Waals surface area contributed by atoms with E-state index >= 15 is 0 Å². The molecule has 2 saturated heterocycles. The molecule has 2 N–H and O–H groups in total. The van der Waals surface area contributed by atoms with Crippen molar-refractivity contribution in [2.24, 2.45) is 5.92 Å². The Kier molecular flexibility index (Phi) is 6.63. The van der Waals surface area contributed by atoms with Crippen molar-refractivity contribution in [1.82, 2.24) is 19.8 Å². The van der Waals surface area contributed by atoms with Crippen LogP contribution in [0.15, 0.2) is 23.1 Å². The zero-order chi connectivity index (χ0) is 24.6. The molecule has 0 radical (unpaired) electrons. The third-order valence-corrected chi connectivity index (χ3v) is 7.61. The van der Waals surface area contributed by atoms with E-state index in [1.54, 1.807) is 12.1 Å². The van der Waals surface area contributed by atoms with Gasteiger partial charge in [0, 0.05) is 25.0 Å². The number of ether oxygens (including phenoxy) is 1. The molecule has 1 aliphatic carbocycles. The van der Waals surface area contributed by atoms with Gasteiger partial charge in [-0.05, 0) is 62.4 Å². The Labute approximate surface area is 206 Å². The van der Waals surface area contributed by atoms with Gasteiger partial charge in [0.1, 0.15) is 11.5 Å². The van der Waals surface area contributed by atoms with E-state index in [-0.39, 0.29) is 52.3 Å². The van der Waals surface area contributed by atoms with E-state index in [2.05, 4.69) is 39.4 Å². The number of halogens is 3. The van der Waals surface area contributed by atoms with Crippen LogP contribution in [0.5, 0.6) is 0 Å². The van der Waals surface area contributed by atoms with E-state index in [4.69, 9.17) is 4.74 Å². The number of fused-ring (bicyclic) bond motifs is 1. The van der Waals surface area contributed by atoms with Gasteiger partial charge >= 0.3 is 5.51 Å². The zero-order valence-corrected chi connectivity index (χ0v) is 20.3. The van der Waals surface area contributed by atoms with Crippen LogP contribution in [0.4, 0.5) is 19.0 Å². The molecule has 2 aliphatic heterocycles. The number of carbonyl (C=O) groups is 1. The van der Waals surface area contributed by atoms with E-state index < -0.39 is 5.51 Å². The number of likely N-dealkylation sites (tertiary alicyclic amines) is 1. The molecule has 4 heterocycles. The van der Waals surface area contributed by atoms with Crippen molar-refractivity contribution in [3.05, 3.63) is 23.9 Å². The molecule has 5 rings (SSSR count). The summed E-state index contributed by atoms with van der Waals surface area (Å²) in [4.78, 5) is 14.2. The van der Waals surface area contributed by atoms with Crippen LogP contribution in [0.1, 0.15) is 38.3 Å². The normalized spacial score (nSPS) is 20.7.